The molecule has 0 unspecified atom stereocenters. The second-order valence-electron chi connectivity index (χ2n) is 4.92. The number of hydrogen-bond donors (Lipinski definition) is 1. The van der Waals surface area contributed by atoms with Gasteiger partial charge in [0.2, 0.25) is 0 Å². The van der Waals surface area contributed by atoms with Crippen LogP contribution < -0.4 is 10.2 Å². The summed E-state index contributed by atoms with van der Waals surface area (Å²) >= 11 is 0. The Balaban J connectivity index is 2.21. The van der Waals surface area contributed by atoms with Crippen LogP contribution in [0.25, 0.3) is 11.1 Å². The predicted molar refractivity (Wildman–Crippen MR) is 83.6 cm³/mol. The zero-order valence-electron chi connectivity index (χ0n) is 12.0. The summed E-state index contributed by atoms with van der Waals surface area (Å²) in [6, 6.07) is 17.4. The van der Waals surface area contributed by atoms with Gasteiger partial charge in [-0.15, -0.1) is 0 Å². The topological polar surface area (TPSA) is 15.3 Å². The number of nitrogens with zero attached hydrogens (tertiary/aromatic N) is 1. The lowest BCUT2D eigenvalue weighted by Crippen LogP contribution is -2.11. The number of hydrogen-bond acceptors (Lipinski definition) is 2. The summed E-state index contributed by atoms with van der Waals surface area (Å²) in [5, 5.41) is 3.36. The van der Waals surface area contributed by atoms with Gasteiger partial charge in [-0.25, -0.2) is 0 Å². The van der Waals surface area contributed by atoms with Gasteiger partial charge >= 0.3 is 0 Å². The van der Waals surface area contributed by atoms with Crippen molar-refractivity contribution < 1.29 is 0 Å². The minimum atomic E-state index is 0.931. The van der Waals surface area contributed by atoms with Gasteiger partial charge < -0.3 is 10.2 Å². The molecule has 0 aromatic heterocycles. The van der Waals surface area contributed by atoms with Crippen LogP contribution in [0.2, 0.25) is 0 Å². The summed E-state index contributed by atoms with van der Waals surface area (Å²) in [6.07, 6.45) is 0. The van der Waals surface area contributed by atoms with Crippen molar-refractivity contribution >= 4 is 5.69 Å². The summed E-state index contributed by atoms with van der Waals surface area (Å²) < 4.78 is 0. The molecule has 0 fully saturated rings. The van der Waals surface area contributed by atoms with Gasteiger partial charge in [0.05, 0.1) is 0 Å². The molecule has 100 valence electrons. The summed E-state index contributed by atoms with van der Waals surface area (Å²) in [7, 11) is 4.12. The molecule has 0 amide bonds. The van der Waals surface area contributed by atoms with Crippen molar-refractivity contribution in [3.05, 3.63) is 54.1 Å². The third-order valence-corrected chi connectivity index (χ3v) is 3.22. The number of anilines is 1. The van der Waals surface area contributed by atoms with Gasteiger partial charge in [-0.3, -0.25) is 0 Å². The second-order valence-corrected chi connectivity index (χ2v) is 4.92. The first-order valence-electron chi connectivity index (χ1n) is 6.78. The summed E-state index contributed by atoms with van der Waals surface area (Å²) in [6.45, 7) is 4.06. The fourth-order valence-corrected chi connectivity index (χ4v) is 2.08. The zero-order chi connectivity index (χ0) is 13.7. The van der Waals surface area contributed by atoms with Crippen LogP contribution in [0.3, 0.4) is 0 Å². The van der Waals surface area contributed by atoms with Gasteiger partial charge in [-0.1, -0.05) is 37.3 Å². The molecule has 0 radical (unpaired) electrons. The number of rotatable bonds is 5. The third-order valence-electron chi connectivity index (χ3n) is 3.22. The minimum Gasteiger partial charge on any atom is -0.378 e. The van der Waals surface area contributed by atoms with Gasteiger partial charge in [-0.2, -0.15) is 0 Å². The number of benzene rings is 2. The molecule has 1 N–H and O–H groups in total. The Bertz CT molecular complexity index is 515. The first kappa shape index (κ1) is 13.6. The lowest BCUT2D eigenvalue weighted by Gasteiger charge is -2.13. The summed E-state index contributed by atoms with van der Waals surface area (Å²) in [4.78, 5) is 2.12. The van der Waals surface area contributed by atoms with Crippen LogP contribution >= 0.6 is 0 Å². The van der Waals surface area contributed by atoms with Crippen molar-refractivity contribution in [3.63, 3.8) is 0 Å². The normalized spacial score (nSPS) is 10.5. The van der Waals surface area contributed by atoms with E-state index in [1.54, 1.807) is 0 Å². The van der Waals surface area contributed by atoms with E-state index in [1.807, 2.05) is 0 Å². The molecule has 2 nitrogen and oxygen atoms in total. The second kappa shape index (κ2) is 6.39. The predicted octanol–water partition coefficient (Wildman–Crippen LogP) is 3.53. The highest BCUT2D eigenvalue weighted by molar-refractivity contribution is 5.66. The van der Waals surface area contributed by atoms with Crippen molar-refractivity contribution in [3.8, 4) is 11.1 Å². The van der Waals surface area contributed by atoms with Crippen LogP contribution in [-0.4, -0.2) is 20.6 Å². The lowest BCUT2D eigenvalue weighted by atomic mass is 10.0. The largest absolute Gasteiger partial charge is 0.378 e. The van der Waals surface area contributed by atoms with Crippen LogP contribution in [-0.2, 0) is 6.54 Å². The van der Waals surface area contributed by atoms with Crippen LogP contribution in [0.15, 0.2) is 48.5 Å². The first-order chi connectivity index (χ1) is 9.20. The van der Waals surface area contributed by atoms with E-state index in [2.05, 4.69) is 79.8 Å². The molecule has 0 saturated carbocycles. The van der Waals surface area contributed by atoms with E-state index in [0.29, 0.717) is 0 Å². The molecule has 19 heavy (non-hydrogen) atoms. The van der Waals surface area contributed by atoms with Gasteiger partial charge in [-0.05, 0) is 41.4 Å². The highest BCUT2D eigenvalue weighted by Gasteiger charge is 2.00. The Morgan fingerprint density at radius 1 is 0.947 bits per heavy atom. The SMILES string of the molecule is CCNCc1cccc(-c2ccc(N(C)C)cc2)c1. The smallest absolute Gasteiger partial charge is 0.0361 e. The van der Waals surface area contributed by atoms with E-state index in [-0.39, 0.29) is 0 Å². The average molecular weight is 254 g/mol. The molecule has 0 aliphatic heterocycles. The van der Waals surface area contributed by atoms with Crippen LogP contribution in [0.4, 0.5) is 5.69 Å². The molecule has 0 heterocycles. The van der Waals surface area contributed by atoms with E-state index in [4.69, 9.17) is 0 Å². The van der Waals surface area contributed by atoms with Crippen LogP contribution in [0.1, 0.15) is 12.5 Å². The molecule has 0 bridgehead atoms. The maximum Gasteiger partial charge on any atom is 0.0361 e. The number of nitrogens with one attached hydrogen (secondary N) is 1. The van der Waals surface area contributed by atoms with Crippen molar-refractivity contribution in [1.82, 2.24) is 5.32 Å². The quantitative estimate of drug-likeness (QED) is 0.878. The molecule has 0 saturated heterocycles. The Hall–Kier alpha value is -1.80. The molecule has 0 atom stereocenters. The molecular formula is C17H22N2. The Morgan fingerprint density at radius 3 is 2.32 bits per heavy atom. The standard InChI is InChI=1S/C17H22N2/c1-4-18-13-14-6-5-7-16(12-14)15-8-10-17(11-9-15)19(2)3/h5-12,18H,4,13H2,1-3H3. The summed E-state index contributed by atoms with van der Waals surface area (Å²) in [5.41, 5.74) is 5.10. The monoisotopic (exact) mass is 254 g/mol. The summed E-state index contributed by atoms with van der Waals surface area (Å²) in [5.74, 6) is 0. The van der Waals surface area contributed by atoms with Gasteiger partial charge in [0, 0.05) is 26.3 Å². The molecule has 2 aromatic rings. The van der Waals surface area contributed by atoms with E-state index >= 15 is 0 Å². The van der Waals surface area contributed by atoms with Gasteiger partial charge in [0.1, 0.15) is 0 Å². The van der Waals surface area contributed by atoms with Crippen molar-refractivity contribution in [2.75, 3.05) is 25.5 Å². The fourth-order valence-electron chi connectivity index (χ4n) is 2.08. The molecule has 0 aliphatic rings. The third kappa shape index (κ3) is 3.58. The Kier molecular flexibility index (Phi) is 4.58. The Morgan fingerprint density at radius 2 is 1.68 bits per heavy atom. The van der Waals surface area contributed by atoms with E-state index < -0.39 is 0 Å². The van der Waals surface area contributed by atoms with Gasteiger partial charge in [0.25, 0.3) is 0 Å². The van der Waals surface area contributed by atoms with Crippen molar-refractivity contribution in [1.29, 1.82) is 0 Å². The highest BCUT2D eigenvalue weighted by atomic mass is 15.1. The minimum absolute atomic E-state index is 0.931. The molecule has 0 aliphatic carbocycles. The van der Waals surface area contributed by atoms with E-state index in [0.717, 1.165) is 13.1 Å². The van der Waals surface area contributed by atoms with Crippen LogP contribution in [0, 0.1) is 0 Å². The van der Waals surface area contributed by atoms with E-state index in [9.17, 15) is 0 Å². The van der Waals surface area contributed by atoms with Crippen molar-refractivity contribution in [2.45, 2.75) is 13.5 Å². The van der Waals surface area contributed by atoms with E-state index in [1.165, 1.54) is 22.4 Å². The first-order valence-corrected chi connectivity index (χ1v) is 6.78. The zero-order valence-corrected chi connectivity index (χ0v) is 12.0. The molecule has 2 aromatic carbocycles. The maximum atomic E-state index is 3.36. The molecule has 2 heteroatoms. The Labute approximate surface area is 116 Å². The van der Waals surface area contributed by atoms with Crippen molar-refractivity contribution in [2.24, 2.45) is 0 Å². The molecule has 0 spiro atoms. The molecular weight excluding hydrogens is 232 g/mol. The highest BCUT2D eigenvalue weighted by Crippen LogP contribution is 2.23. The van der Waals surface area contributed by atoms with Crippen LogP contribution in [0.5, 0.6) is 0 Å². The van der Waals surface area contributed by atoms with Gasteiger partial charge in [0.15, 0.2) is 0 Å². The average Bonchev–Trinajstić information content (AvgIpc) is 2.45. The lowest BCUT2D eigenvalue weighted by molar-refractivity contribution is 0.727. The fraction of sp³-hybridized carbons (Fsp3) is 0.294. The molecule has 2 rings (SSSR count). The maximum absolute atomic E-state index is 3.36.